The van der Waals surface area contributed by atoms with Gasteiger partial charge in [-0.3, -0.25) is 4.79 Å². The zero-order valence-electron chi connectivity index (χ0n) is 15.3. The second-order valence-corrected chi connectivity index (χ2v) is 8.65. The van der Waals surface area contributed by atoms with Crippen molar-refractivity contribution in [3.05, 3.63) is 52.8 Å². The first kappa shape index (κ1) is 21.1. The summed E-state index contributed by atoms with van der Waals surface area (Å²) < 4.78 is 44.2. The van der Waals surface area contributed by atoms with E-state index in [1.165, 1.54) is 45.3 Å². The lowest BCUT2D eigenvalue weighted by Gasteiger charge is -2.18. The summed E-state index contributed by atoms with van der Waals surface area (Å²) in [5.41, 5.74) is 1.04. The number of nitrogens with zero attached hydrogens (tertiary/aromatic N) is 1. The van der Waals surface area contributed by atoms with Crippen molar-refractivity contribution in [3.8, 4) is 5.75 Å². The smallest absolute Gasteiger partial charge is 0.265 e. The van der Waals surface area contributed by atoms with E-state index in [1.54, 1.807) is 13.0 Å². The minimum absolute atomic E-state index is 0.0462. The zero-order chi connectivity index (χ0) is 20.4. The van der Waals surface area contributed by atoms with E-state index in [0.29, 0.717) is 11.3 Å². The zero-order valence-corrected chi connectivity index (χ0v) is 16.9. The SMILES string of the molecule is Cc1ccc(S(=O)(=O)N(C)C)cc1NC(=O)[C@H](C)Oc1ccc(F)cc1Cl. The maximum Gasteiger partial charge on any atom is 0.265 e. The highest BCUT2D eigenvalue weighted by molar-refractivity contribution is 7.89. The molecule has 9 heteroatoms. The van der Waals surface area contributed by atoms with Crippen LogP contribution in [0.1, 0.15) is 12.5 Å². The van der Waals surface area contributed by atoms with Crippen LogP contribution < -0.4 is 10.1 Å². The highest BCUT2D eigenvalue weighted by atomic mass is 35.5. The van der Waals surface area contributed by atoms with Crippen LogP contribution in [0.15, 0.2) is 41.3 Å². The van der Waals surface area contributed by atoms with Gasteiger partial charge in [-0.25, -0.2) is 17.1 Å². The number of anilines is 1. The monoisotopic (exact) mass is 414 g/mol. The van der Waals surface area contributed by atoms with E-state index in [-0.39, 0.29) is 15.7 Å². The number of ether oxygens (including phenoxy) is 1. The van der Waals surface area contributed by atoms with Gasteiger partial charge in [0, 0.05) is 19.8 Å². The highest BCUT2D eigenvalue weighted by Crippen LogP contribution is 2.26. The maximum atomic E-state index is 13.1. The molecule has 0 radical (unpaired) electrons. The molecule has 0 aromatic heterocycles. The van der Waals surface area contributed by atoms with E-state index in [9.17, 15) is 17.6 Å². The molecule has 0 heterocycles. The molecule has 6 nitrogen and oxygen atoms in total. The van der Waals surface area contributed by atoms with Crippen molar-refractivity contribution in [1.82, 2.24) is 4.31 Å². The molecule has 0 unspecified atom stereocenters. The third-order valence-electron chi connectivity index (χ3n) is 3.81. The number of aryl methyl sites for hydroxylation is 1. The number of carbonyl (C=O) groups is 1. The second-order valence-electron chi connectivity index (χ2n) is 6.09. The van der Waals surface area contributed by atoms with Gasteiger partial charge in [0.1, 0.15) is 11.6 Å². The molecular formula is C18H20ClFN2O4S. The standard InChI is InChI=1S/C18H20ClFN2O4S/c1-11-5-7-14(27(24,25)22(3)4)10-16(11)21-18(23)12(2)26-17-8-6-13(20)9-15(17)19/h5-10,12H,1-4H3,(H,21,23)/t12-/m0/s1. The first-order valence-electron chi connectivity index (χ1n) is 7.98. The van der Waals surface area contributed by atoms with Crippen LogP contribution in [0.2, 0.25) is 5.02 Å². The van der Waals surface area contributed by atoms with Gasteiger partial charge < -0.3 is 10.1 Å². The van der Waals surface area contributed by atoms with Crippen LogP contribution in [0.3, 0.4) is 0 Å². The summed E-state index contributed by atoms with van der Waals surface area (Å²) in [4.78, 5) is 12.5. The highest BCUT2D eigenvalue weighted by Gasteiger charge is 2.21. The Morgan fingerprint density at radius 3 is 2.48 bits per heavy atom. The molecule has 1 amide bonds. The van der Waals surface area contributed by atoms with Crippen LogP contribution in [-0.2, 0) is 14.8 Å². The molecule has 2 aromatic rings. The van der Waals surface area contributed by atoms with Crippen molar-refractivity contribution in [2.75, 3.05) is 19.4 Å². The number of hydrogen-bond donors (Lipinski definition) is 1. The van der Waals surface area contributed by atoms with Gasteiger partial charge >= 0.3 is 0 Å². The fourth-order valence-electron chi connectivity index (χ4n) is 2.16. The predicted molar refractivity (Wildman–Crippen MR) is 102 cm³/mol. The molecule has 0 aliphatic heterocycles. The average molecular weight is 415 g/mol. The number of nitrogens with one attached hydrogen (secondary N) is 1. The largest absolute Gasteiger partial charge is 0.479 e. The van der Waals surface area contributed by atoms with Crippen LogP contribution in [0.25, 0.3) is 0 Å². The number of sulfonamides is 1. The van der Waals surface area contributed by atoms with Crippen LogP contribution in [0, 0.1) is 12.7 Å². The van der Waals surface area contributed by atoms with Crippen LogP contribution >= 0.6 is 11.6 Å². The fraction of sp³-hybridized carbons (Fsp3) is 0.278. The lowest BCUT2D eigenvalue weighted by molar-refractivity contribution is -0.122. The Balaban J connectivity index is 2.19. The normalized spacial score (nSPS) is 12.7. The van der Waals surface area contributed by atoms with Gasteiger partial charge in [0.2, 0.25) is 10.0 Å². The molecule has 0 aliphatic carbocycles. The predicted octanol–water partition coefficient (Wildman–Crippen LogP) is 3.44. The summed E-state index contributed by atoms with van der Waals surface area (Å²) in [7, 11) is -0.780. The number of rotatable bonds is 6. The van der Waals surface area contributed by atoms with Crippen molar-refractivity contribution in [2.45, 2.75) is 24.8 Å². The van der Waals surface area contributed by atoms with Crippen molar-refractivity contribution in [2.24, 2.45) is 0 Å². The molecule has 0 saturated heterocycles. The molecule has 0 spiro atoms. The fourth-order valence-corrected chi connectivity index (χ4v) is 3.30. The summed E-state index contributed by atoms with van der Waals surface area (Å²) in [6.07, 6.45) is -0.943. The average Bonchev–Trinajstić information content (AvgIpc) is 2.58. The van der Waals surface area contributed by atoms with Gasteiger partial charge in [0.25, 0.3) is 5.91 Å². The third-order valence-corrected chi connectivity index (χ3v) is 5.92. The Kier molecular flexibility index (Phi) is 6.46. The van der Waals surface area contributed by atoms with E-state index in [2.05, 4.69) is 5.32 Å². The Morgan fingerprint density at radius 2 is 1.89 bits per heavy atom. The summed E-state index contributed by atoms with van der Waals surface area (Å²) >= 11 is 5.90. The summed E-state index contributed by atoms with van der Waals surface area (Å²) in [6.45, 7) is 3.24. The van der Waals surface area contributed by atoms with Crippen molar-refractivity contribution in [1.29, 1.82) is 0 Å². The van der Waals surface area contributed by atoms with Crippen LogP contribution in [-0.4, -0.2) is 38.8 Å². The van der Waals surface area contributed by atoms with Crippen molar-refractivity contribution < 1.29 is 22.3 Å². The first-order chi connectivity index (χ1) is 12.5. The van der Waals surface area contributed by atoms with Crippen molar-refractivity contribution in [3.63, 3.8) is 0 Å². The molecule has 0 aliphatic rings. The number of amides is 1. The lowest BCUT2D eigenvalue weighted by atomic mass is 10.2. The number of benzene rings is 2. The Hall–Kier alpha value is -2.16. The molecule has 1 atom stereocenters. The van der Waals surface area contributed by atoms with E-state index >= 15 is 0 Å². The molecular weight excluding hydrogens is 395 g/mol. The molecule has 0 fully saturated rings. The van der Waals surface area contributed by atoms with Gasteiger partial charge in [-0.05, 0) is 49.7 Å². The molecule has 1 N–H and O–H groups in total. The molecule has 2 aromatic carbocycles. The van der Waals surface area contributed by atoms with Crippen LogP contribution in [0.4, 0.5) is 10.1 Å². The van der Waals surface area contributed by atoms with Gasteiger partial charge in [0.15, 0.2) is 6.10 Å². The van der Waals surface area contributed by atoms with Gasteiger partial charge in [0.05, 0.1) is 9.92 Å². The van der Waals surface area contributed by atoms with Crippen LogP contribution in [0.5, 0.6) is 5.75 Å². The van der Waals surface area contributed by atoms with Gasteiger partial charge in [-0.2, -0.15) is 0 Å². The maximum absolute atomic E-state index is 13.1. The van der Waals surface area contributed by atoms with Gasteiger partial charge in [-0.1, -0.05) is 17.7 Å². The van der Waals surface area contributed by atoms with Crippen molar-refractivity contribution >= 4 is 33.2 Å². The lowest BCUT2D eigenvalue weighted by Crippen LogP contribution is -2.30. The third kappa shape index (κ3) is 4.97. The van der Waals surface area contributed by atoms with E-state index in [4.69, 9.17) is 16.3 Å². The minimum atomic E-state index is -3.63. The molecule has 2 rings (SSSR count). The number of carbonyl (C=O) groups excluding carboxylic acids is 1. The Labute approximate surface area is 162 Å². The van der Waals surface area contributed by atoms with E-state index < -0.39 is 27.9 Å². The first-order valence-corrected chi connectivity index (χ1v) is 9.80. The number of halogens is 2. The quantitative estimate of drug-likeness (QED) is 0.785. The minimum Gasteiger partial charge on any atom is -0.479 e. The summed E-state index contributed by atoms with van der Waals surface area (Å²) in [6, 6.07) is 8.05. The number of hydrogen-bond acceptors (Lipinski definition) is 4. The molecule has 146 valence electrons. The Morgan fingerprint density at radius 1 is 1.22 bits per heavy atom. The molecule has 0 bridgehead atoms. The second kappa shape index (κ2) is 8.24. The summed E-state index contributed by atoms with van der Waals surface area (Å²) in [5.74, 6) is -0.849. The summed E-state index contributed by atoms with van der Waals surface area (Å²) in [5, 5.41) is 2.69. The molecule has 0 saturated carbocycles. The topological polar surface area (TPSA) is 75.7 Å². The van der Waals surface area contributed by atoms with E-state index in [0.717, 1.165) is 10.4 Å². The molecule has 27 heavy (non-hydrogen) atoms. The van der Waals surface area contributed by atoms with Gasteiger partial charge in [-0.15, -0.1) is 0 Å². The Bertz CT molecular complexity index is 964. The van der Waals surface area contributed by atoms with E-state index in [1.807, 2.05) is 0 Å².